The van der Waals surface area contributed by atoms with Crippen LogP contribution < -0.4 is 10.0 Å². The zero-order chi connectivity index (χ0) is 13.9. The van der Waals surface area contributed by atoms with E-state index in [2.05, 4.69) is 23.9 Å². The minimum Gasteiger partial charge on any atom is -0.313 e. The lowest BCUT2D eigenvalue weighted by molar-refractivity contribution is 0.595. The molecule has 1 saturated carbocycles. The van der Waals surface area contributed by atoms with Crippen molar-refractivity contribution in [2.75, 3.05) is 17.0 Å². The van der Waals surface area contributed by atoms with Crippen LogP contribution in [-0.4, -0.2) is 26.8 Å². The largest absolute Gasteiger partial charge is 0.313 e. The van der Waals surface area contributed by atoms with Crippen molar-refractivity contribution in [3.05, 3.63) is 29.8 Å². The summed E-state index contributed by atoms with van der Waals surface area (Å²) < 4.78 is 26.3. The van der Waals surface area contributed by atoms with E-state index in [0.717, 1.165) is 0 Å². The standard InChI is InChI=1S/C14H22N2O2S/c1-11(2)12-3-5-14(6-4-12)16-19(17,18)10-9-15-13-7-8-13/h3-6,11,13,15-16H,7-10H2,1-2H3. The second-order valence-corrected chi connectivity index (χ2v) is 7.27. The molecule has 1 fully saturated rings. The Balaban J connectivity index is 1.87. The molecule has 19 heavy (non-hydrogen) atoms. The van der Waals surface area contributed by atoms with Gasteiger partial charge in [-0.3, -0.25) is 4.72 Å². The molecule has 0 heterocycles. The average molecular weight is 282 g/mol. The number of anilines is 1. The van der Waals surface area contributed by atoms with Gasteiger partial charge in [0.05, 0.1) is 5.75 Å². The van der Waals surface area contributed by atoms with Gasteiger partial charge in [-0.15, -0.1) is 0 Å². The molecule has 0 radical (unpaired) electrons. The normalized spacial score (nSPS) is 15.7. The maximum absolute atomic E-state index is 11.9. The Morgan fingerprint density at radius 3 is 2.37 bits per heavy atom. The molecule has 0 amide bonds. The zero-order valence-corrected chi connectivity index (χ0v) is 12.3. The fraction of sp³-hybridized carbons (Fsp3) is 0.571. The van der Waals surface area contributed by atoms with E-state index in [1.807, 2.05) is 24.3 Å². The Bertz CT molecular complexity index is 505. The van der Waals surface area contributed by atoms with E-state index in [4.69, 9.17) is 0 Å². The van der Waals surface area contributed by atoms with Crippen molar-refractivity contribution in [3.8, 4) is 0 Å². The summed E-state index contributed by atoms with van der Waals surface area (Å²) in [6.45, 7) is 4.75. The van der Waals surface area contributed by atoms with Gasteiger partial charge in [-0.2, -0.15) is 0 Å². The number of hydrogen-bond acceptors (Lipinski definition) is 3. The van der Waals surface area contributed by atoms with Gasteiger partial charge in [0.1, 0.15) is 0 Å². The van der Waals surface area contributed by atoms with E-state index in [0.29, 0.717) is 24.2 Å². The van der Waals surface area contributed by atoms with Crippen molar-refractivity contribution < 1.29 is 8.42 Å². The number of benzene rings is 1. The van der Waals surface area contributed by atoms with E-state index >= 15 is 0 Å². The molecule has 5 heteroatoms. The van der Waals surface area contributed by atoms with Crippen LogP contribution in [0.5, 0.6) is 0 Å². The van der Waals surface area contributed by atoms with Crippen molar-refractivity contribution in [2.45, 2.75) is 38.6 Å². The minimum atomic E-state index is -3.25. The van der Waals surface area contributed by atoms with Gasteiger partial charge in [-0.1, -0.05) is 26.0 Å². The van der Waals surface area contributed by atoms with Crippen LogP contribution in [0, 0.1) is 0 Å². The monoisotopic (exact) mass is 282 g/mol. The Morgan fingerprint density at radius 2 is 1.84 bits per heavy atom. The lowest BCUT2D eigenvalue weighted by Gasteiger charge is -2.10. The van der Waals surface area contributed by atoms with Crippen LogP contribution in [0.4, 0.5) is 5.69 Å². The molecule has 0 saturated heterocycles. The first-order chi connectivity index (χ1) is 8.96. The van der Waals surface area contributed by atoms with Gasteiger partial charge in [0.25, 0.3) is 0 Å². The molecule has 4 nitrogen and oxygen atoms in total. The van der Waals surface area contributed by atoms with Crippen LogP contribution in [0.2, 0.25) is 0 Å². The van der Waals surface area contributed by atoms with Gasteiger partial charge >= 0.3 is 0 Å². The first kappa shape index (κ1) is 14.3. The highest BCUT2D eigenvalue weighted by Gasteiger charge is 2.21. The van der Waals surface area contributed by atoms with Crippen LogP contribution in [-0.2, 0) is 10.0 Å². The zero-order valence-electron chi connectivity index (χ0n) is 11.5. The molecule has 0 aliphatic heterocycles. The first-order valence-corrected chi connectivity index (χ1v) is 8.45. The topological polar surface area (TPSA) is 58.2 Å². The summed E-state index contributed by atoms with van der Waals surface area (Å²) >= 11 is 0. The first-order valence-electron chi connectivity index (χ1n) is 6.80. The summed E-state index contributed by atoms with van der Waals surface area (Å²) in [6.07, 6.45) is 2.34. The number of hydrogen-bond donors (Lipinski definition) is 2. The molecule has 0 aromatic heterocycles. The molecule has 1 aliphatic rings. The lowest BCUT2D eigenvalue weighted by Crippen LogP contribution is -2.27. The SMILES string of the molecule is CC(C)c1ccc(NS(=O)(=O)CCNC2CC2)cc1. The predicted molar refractivity (Wildman–Crippen MR) is 79.0 cm³/mol. The van der Waals surface area contributed by atoms with Crippen molar-refractivity contribution in [1.82, 2.24) is 5.32 Å². The predicted octanol–water partition coefficient (Wildman–Crippen LogP) is 2.30. The summed E-state index contributed by atoms with van der Waals surface area (Å²) in [7, 11) is -3.25. The van der Waals surface area contributed by atoms with Crippen molar-refractivity contribution in [3.63, 3.8) is 0 Å². The molecule has 1 aliphatic carbocycles. The van der Waals surface area contributed by atoms with Gasteiger partial charge in [-0.05, 0) is 36.5 Å². The van der Waals surface area contributed by atoms with Crippen LogP contribution >= 0.6 is 0 Å². The van der Waals surface area contributed by atoms with Crippen molar-refractivity contribution in [2.24, 2.45) is 0 Å². The second kappa shape index (κ2) is 5.92. The lowest BCUT2D eigenvalue weighted by atomic mass is 10.0. The summed E-state index contributed by atoms with van der Waals surface area (Å²) in [4.78, 5) is 0. The third kappa shape index (κ3) is 4.84. The van der Waals surface area contributed by atoms with Gasteiger partial charge < -0.3 is 5.32 Å². The molecule has 0 unspecified atom stereocenters. The third-order valence-electron chi connectivity index (χ3n) is 3.23. The van der Waals surface area contributed by atoms with Crippen LogP contribution in [0.3, 0.4) is 0 Å². The van der Waals surface area contributed by atoms with Gasteiger partial charge in [0.15, 0.2) is 0 Å². The molecule has 1 aromatic carbocycles. The smallest absolute Gasteiger partial charge is 0.233 e. The highest BCUT2D eigenvalue weighted by Crippen LogP contribution is 2.19. The summed E-state index contributed by atoms with van der Waals surface area (Å²) in [5, 5.41) is 3.20. The van der Waals surface area contributed by atoms with E-state index in [1.165, 1.54) is 18.4 Å². The molecule has 0 spiro atoms. The Hall–Kier alpha value is -1.07. The minimum absolute atomic E-state index is 0.120. The van der Waals surface area contributed by atoms with Crippen molar-refractivity contribution >= 4 is 15.7 Å². The summed E-state index contributed by atoms with van der Waals surface area (Å²) in [6, 6.07) is 8.11. The van der Waals surface area contributed by atoms with Gasteiger partial charge in [0.2, 0.25) is 10.0 Å². The summed E-state index contributed by atoms with van der Waals surface area (Å²) in [5.74, 6) is 0.573. The fourth-order valence-corrected chi connectivity index (χ4v) is 2.84. The highest BCUT2D eigenvalue weighted by atomic mass is 32.2. The molecule has 0 bridgehead atoms. The highest BCUT2D eigenvalue weighted by molar-refractivity contribution is 7.92. The quantitative estimate of drug-likeness (QED) is 0.807. The maximum atomic E-state index is 11.9. The van der Waals surface area contributed by atoms with E-state index in [-0.39, 0.29) is 5.75 Å². The molecular weight excluding hydrogens is 260 g/mol. The van der Waals surface area contributed by atoms with E-state index in [1.54, 1.807) is 0 Å². The number of rotatable bonds is 7. The van der Waals surface area contributed by atoms with E-state index < -0.39 is 10.0 Å². The van der Waals surface area contributed by atoms with Crippen molar-refractivity contribution in [1.29, 1.82) is 0 Å². The number of nitrogens with one attached hydrogen (secondary N) is 2. The average Bonchev–Trinajstić information content (AvgIpc) is 3.13. The van der Waals surface area contributed by atoms with E-state index in [9.17, 15) is 8.42 Å². The molecular formula is C14H22N2O2S. The fourth-order valence-electron chi connectivity index (χ4n) is 1.85. The van der Waals surface area contributed by atoms with Crippen LogP contribution in [0.1, 0.15) is 38.2 Å². The molecule has 2 rings (SSSR count). The molecule has 106 valence electrons. The Labute approximate surface area is 115 Å². The van der Waals surface area contributed by atoms with Crippen LogP contribution in [0.25, 0.3) is 0 Å². The third-order valence-corrected chi connectivity index (χ3v) is 4.52. The molecule has 0 atom stereocenters. The second-order valence-electron chi connectivity index (χ2n) is 5.43. The Morgan fingerprint density at radius 1 is 1.21 bits per heavy atom. The Kier molecular flexibility index (Phi) is 4.47. The molecule has 2 N–H and O–H groups in total. The van der Waals surface area contributed by atoms with Gasteiger partial charge in [-0.25, -0.2) is 8.42 Å². The molecule has 1 aromatic rings. The van der Waals surface area contributed by atoms with Crippen LogP contribution in [0.15, 0.2) is 24.3 Å². The van der Waals surface area contributed by atoms with Gasteiger partial charge in [0, 0.05) is 18.3 Å². The maximum Gasteiger partial charge on any atom is 0.233 e. The number of sulfonamides is 1. The summed E-state index contributed by atoms with van der Waals surface area (Å²) in [5.41, 5.74) is 1.84.